The molecule has 0 aliphatic heterocycles. The Kier molecular flexibility index (Phi) is 9.09. The van der Waals surface area contributed by atoms with E-state index in [9.17, 15) is 14.0 Å². The van der Waals surface area contributed by atoms with Gasteiger partial charge in [-0.25, -0.2) is 14.4 Å². The third kappa shape index (κ3) is 7.19. The number of benzene rings is 2. The minimum absolute atomic E-state index is 0.0205. The first kappa shape index (κ1) is 27.9. The zero-order valence-electron chi connectivity index (χ0n) is 21.8. The van der Waals surface area contributed by atoms with E-state index < -0.39 is 11.4 Å². The predicted octanol–water partition coefficient (Wildman–Crippen LogP) is 4.79. The molecule has 0 radical (unpaired) electrons. The lowest BCUT2D eigenvalue weighted by atomic mass is 9.99. The number of thioether (sulfide) groups is 1. The molecular weight excluding hydrogens is 495 g/mol. The average molecular weight is 527 g/mol. The lowest BCUT2D eigenvalue weighted by Gasteiger charge is -2.37. The molecule has 1 aromatic heterocycles. The number of carbonyl (C=O) groups is 2. The molecule has 196 valence electrons. The third-order valence-corrected chi connectivity index (χ3v) is 6.56. The van der Waals surface area contributed by atoms with Gasteiger partial charge in [0.15, 0.2) is 5.16 Å². The van der Waals surface area contributed by atoms with E-state index in [4.69, 9.17) is 9.47 Å². The molecule has 1 heterocycles. The van der Waals surface area contributed by atoms with Crippen molar-refractivity contribution in [2.45, 2.75) is 44.9 Å². The Morgan fingerprint density at radius 2 is 1.65 bits per heavy atom. The first-order chi connectivity index (χ1) is 17.5. The van der Waals surface area contributed by atoms with Crippen LogP contribution in [0.3, 0.4) is 0 Å². The number of aromatic nitrogens is 2. The molecule has 0 aliphatic carbocycles. The summed E-state index contributed by atoms with van der Waals surface area (Å²) in [6.07, 6.45) is 0. The monoisotopic (exact) mass is 526 g/mol. The molecule has 0 saturated heterocycles. The maximum absolute atomic E-state index is 13.5. The third-order valence-electron chi connectivity index (χ3n) is 5.73. The summed E-state index contributed by atoms with van der Waals surface area (Å²) in [5.41, 5.74) is 1.46. The lowest BCUT2D eigenvalue weighted by molar-refractivity contribution is -0.142. The standard InChI is InChI=1S/C27H31FN4O4S/c1-17-13-18(2)30-26(29-17)37-16-24(33)32(15-19-7-9-20(28)10-8-19)27(3,4)25(34)31-22-12-11-21(35-5)14-23(22)36-6/h7-14H,15-16H2,1-6H3,(H,31,34). The number of anilines is 1. The Hall–Kier alpha value is -3.66. The second kappa shape index (κ2) is 12.1. The fourth-order valence-corrected chi connectivity index (χ4v) is 4.46. The first-order valence-electron chi connectivity index (χ1n) is 11.6. The number of carbonyl (C=O) groups excluding carboxylic acids is 2. The molecule has 0 aliphatic rings. The fraction of sp³-hybridized carbons (Fsp3) is 0.333. The molecule has 2 amide bonds. The van der Waals surface area contributed by atoms with Crippen molar-refractivity contribution < 1.29 is 23.5 Å². The maximum atomic E-state index is 13.5. The molecular formula is C27H31FN4O4S. The van der Waals surface area contributed by atoms with E-state index >= 15 is 0 Å². The van der Waals surface area contributed by atoms with Crippen LogP contribution in [0.5, 0.6) is 11.5 Å². The predicted molar refractivity (Wildman–Crippen MR) is 141 cm³/mol. The van der Waals surface area contributed by atoms with Gasteiger partial charge in [-0.1, -0.05) is 23.9 Å². The van der Waals surface area contributed by atoms with Crippen LogP contribution in [0.1, 0.15) is 30.8 Å². The van der Waals surface area contributed by atoms with Gasteiger partial charge in [-0.2, -0.15) is 0 Å². The Balaban J connectivity index is 1.87. The largest absolute Gasteiger partial charge is 0.497 e. The van der Waals surface area contributed by atoms with Gasteiger partial charge in [0, 0.05) is 24.0 Å². The summed E-state index contributed by atoms with van der Waals surface area (Å²) in [6, 6.07) is 12.7. The highest BCUT2D eigenvalue weighted by Gasteiger charge is 2.38. The zero-order chi connectivity index (χ0) is 27.2. The number of ether oxygens (including phenoxy) is 2. The molecule has 0 atom stereocenters. The van der Waals surface area contributed by atoms with E-state index in [2.05, 4.69) is 15.3 Å². The van der Waals surface area contributed by atoms with Crippen molar-refractivity contribution in [2.75, 3.05) is 25.3 Å². The van der Waals surface area contributed by atoms with Gasteiger partial charge in [-0.3, -0.25) is 9.59 Å². The highest BCUT2D eigenvalue weighted by Crippen LogP contribution is 2.31. The number of aryl methyl sites for hydroxylation is 2. The fourth-order valence-electron chi connectivity index (χ4n) is 3.63. The Labute approximate surface area is 220 Å². The van der Waals surface area contributed by atoms with E-state index in [1.54, 1.807) is 44.2 Å². The number of nitrogens with zero attached hydrogens (tertiary/aromatic N) is 3. The minimum atomic E-state index is -1.28. The van der Waals surface area contributed by atoms with Crippen LogP contribution in [0.2, 0.25) is 0 Å². The SMILES string of the molecule is COc1ccc(NC(=O)C(C)(C)N(Cc2ccc(F)cc2)C(=O)CSc2nc(C)cc(C)n2)c(OC)c1. The van der Waals surface area contributed by atoms with Gasteiger partial charge < -0.3 is 19.7 Å². The van der Waals surface area contributed by atoms with Crippen LogP contribution in [0, 0.1) is 19.7 Å². The van der Waals surface area contributed by atoms with Crippen LogP contribution in [-0.4, -0.2) is 52.2 Å². The summed E-state index contributed by atoms with van der Waals surface area (Å²) in [4.78, 5) is 37.3. The van der Waals surface area contributed by atoms with E-state index in [0.717, 1.165) is 11.4 Å². The number of amides is 2. The smallest absolute Gasteiger partial charge is 0.249 e. The van der Waals surface area contributed by atoms with E-state index in [1.807, 2.05) is 19.9 Å². The van der Waals surface area contributed by atoms with E-state index in [-0.39, 0.29) is 24.0 Å². The van der Waals surface area contributed by atoms with Gasteiger partial charge in [0.25, 0.3) is 0 Å². The molecule has 8 nitrogen and oxygen atoms in total. The summed E-state index contributed by atoms with van der Waals surface area (Å²) in [7, 11) is 3.03. The molecule has 0 saturated carbocycles. The van der Waals surface area contributed by atoms with E-state index in [0.29, 0.717) is 27.9 Å². The number of hydrogen-bond donors (Lipinski definition) is 1. The number of nitrogens with one attached hydrogen (secondary N) is 1. The van der Waals surface area contributed by atoms with Crippen LogP contribution in [0.25, 0.3) is 0 Å². The van der Waals surface area contributed by atoms with Crippen molar-refractivity contribution in [3.05, 3.63) is 71.3 Å². The molecule has 1 N–H and O–H groups in total. The summed E-state index contributed by atoms with van der Waals surface area (Å²) >= 11 is 1.20. The van der Waals surface area contributed by atoms with Crippen LogP contribution in [0.4, 0.5) is 10.1 Å². The normalized spacial score (nSPS) is 11.1. The number of hydrogen-bond acceptors (Lipinski definition) is 7. The maximum Gasteiger partial charge on any atom is 0.249 e. The van der Waals surface area contributed by atoms with Gasteiger partial charge in [0.05, 0.1) is 25.7 Å². The Morgan fingerprint density at radius 3 is 2.24 bits per heavy atom. The second-order valence-corrected chi connectivity index (χ2v) is 9.85. The average Bonchev–Trinajstić information content (AvgIpc) is 2.86. The van der Waals surface area contributed by atoms with Crippen molar-refractivity contribution in [1.82, 2.24) is 14.9 Å². The summed E-state index contributed by atoms with van der Waals surface area (Å²) in [6.45, 7) is 7.16. The van der Waals surface area contributed by atoms with Gasteiger partial charge in [-0.15, -0.1) is 0 Å². The van der Waals surface area contributed by atoms with Crippen molar-refractivity contribution in [3.8, 4) is 11.5 Å². The summed E-state index contributed by atoms with van der Waals surface area (Å²) < 4.78 is 24.1. The van der Waals surface area contributed by atoms with Crippen LogP contribution in [0.15, 0.2) is 53.7 Å². The summed E-state index contributed by atoms with van der Waals surface area (Å²) in [5.74, 6) is -0.0758. The van der Waals surface area contributed by atoms with Gasteiger partial charge in [-0.05, 0) is 63.6 Å². The van der Waals surface area contributed by atoms with Crippen LogP contribution >= 0.6 is 11.8 Å². The van der Waals surface area contributed by atoms with Gasteiger partial charge >= 0.3 is 0 Å². The highest BCUT2D eigenvalue weighted by molar-refractivity contribution is 7.99. The molecule has 0 unspecified atom stereocenters. The lowest BCUT2D eigenvalue weighted by Crippen LogP contribution is -2.55. The van der Waals surface area contributed by atoms with E-state index in [1.165, 1.54) is 43.0 Å². The van der Waals surface area contributed by atoms with Crippen molar-refractivity contribution in [3.63, 3.8) is 0 Å². The Morgan fingerprint density at radius 1 is 1.00 bits per heavy atom. The van der Waals surface area contributed by atoms with Crippen molar-refractivity contribution in [2.24, 2.45) is 0 Å². The topological polar surface area (TPSA) is 93.7 Å². The quantitative estimate of drug-likeness (QED) is 0.300. The molecule has 0 bridgehead atoms. The molecule has 3 aromatic rings. The number of methoxy groups -OCH3 is 2. The molecule has 0 fully saturated rings. The van der Waals surface area contributed by atoms with Crippen molar-refractivity contribution >= 4 is 29.3 Å². The number of rotatable bonds is 10. The number of halogens is 1. The molecule has 0 spiro atoms. The Bertz CT molecular complexity index is 1250. The second-order valence-electron chi connectivity index (χ2n) is 8.91. The highest BCUT2D eigenvalue weighted by atomic mass is 32.2. The van der Waals surface area contributed by atoms with Crippen molar-refractivity contribution in [1.29, 1.82) is 0 Å². The molecule has 2 aromatic carbocycles. The van der Waals surface area contributed by atoms with Gasteiger partial charge in [0.2, 0.25) is 11.8 Å². The minimum Gasteiger partial charge on any atom is -0.497 e. The molecule has 37 heavy (non-hydrogen) atoms. The van der Waals surface area contributed by atoms with Crippen LogP contribution < -0.4 is 14.8 Å². The molecule has 3 rings (SSSR count). The summed E-state index contributed by atoms with van der Waals surface area (Å²) in [5, 5.41) is 3.35. The van der Waals surface area contributed by atoms with Crippen LogP contribution in [-0.2, 0) is 16.1 Å². The van der Waals surface area contributed by atoms with Gasteiger partial charge in [0.1, 0.15) is 22.9 Å². The zero-order valence-corrected chi connectivity index (χ0v) is 22.6. The first-order valence-corrected chi connectivity index (χ1v) is 12.6. The molecule has 10 heteroatoms.